The van der Waals surface area contributed by atoms with Crippen LogP contribution in [0.2, 0.25) is 0 Å². The minimum absolute atomic E-state index is 0.000321. The van der Waals surface area contributed by atoms with Gasteiger partial charge < -0.3 is 4.74 Å². The van der Waals surface area contributed by atoms with E-state index in [-0.39, 0.29) is 5.78 Å². The molecule has 0 unspecified atom stereocenters. The molecule has 0 heterocycles. The van der Waals surface area contributed by atoms with Crippen LogP contribution < -0.4 is 4.74 Å². The fraction of sp³-hybridized carbons (Fsp3) is 0.133. The molecule has 0 bridgehead atoms. The lowest BCUT2D eigenvalue weighted by atomic mass is 9.99. The first kappa shape index (κ1) is 11.4. The predicted molar refractivity (Wildman–Crippen MR) is 69.4 cm³/mol. The minimum atomic E-state index is -0.000321. The minimum Gasteiger partial charge on any atom is -0.496 e. The van der Waals surface area contributed by atoms with Gasteiger partial charge in [0.25, 0.3) is 0 Å². The van der Waals surface area contributed by atoms with E-state index in [1.807, 2.05) is 36.4 Å². The predicted octanol–water partition coefficient (Wildman–Crippen LogP) is 3.15. The van der Waals surface area contributed by atoms with E-state index in [1.54, 1.807) is 7.11 Å². The molecule has 0 amide bonds. The average molecular weight is 226 g/mol. The number of carbonyl (C=O) groups is 1. The Kier molecular flexibility index (Phi) is 3.24. The van der Waals surface area contributed by atoms with Crippen LogP contribution in [0.3, 0.4) is 0 Å². The monoisotopic (exact) mass is 226 g/mol. The van der Waals surface area contributed by atoms with Gasteiger partial charge in [0.1, 0.15) is 5.75 Å². The van der Waals surface area contributed by atoms with Crippen LogP contribution in [0.1, 0.15) is 5.56 Å². The zero-order valence-electron chi connectivity index (χ0n) is 9.77. The summed E-state index contributed by atoms with van der Waals surface area (Å²) in [6, 6.07) is 11.9. The summed E-state index contributed by atoms with van der Waals surface area (Å²) in [6.07, 6.45) is 1.68. The molecule has 0 N–H and O–H groups in total. The van der Waals surface area contributed by atoms with Gasteiger partial charge >= 0.3 is 0 Å². The molecule has 86 valence electrons. The third kappa shape index (κ3) is 2.21. The highest BCUT2D eigenvalue weighted by Crippen LogP contribution is 2.28. The molecule has 2 nitrogen and oxygen atoms in total. The van der Waals surface area contributed by atoms with Crippen molar-refractivity contribution < 1.29 is 9.53 Å². The molecular weight excluding hydrogens is 212 g/mol. The van der Waals surface area contributed by atoms with Gasteiger partial charge in [-0.2, -0.15) is 0 Å². The smallest absolute Gasteiger partial charge is 0.159 e. The number of rotatable bonds is 4. The first-order valence-electron chi connectivity index (χ1n) is 5.46. The van der Waals surface area contributed by atoms with Crippen LogP contribution in [0.4, 0.5) is 0 Å². The molecule has 0 saturated carbocycles. The van der Waals surface area contributed by atoms with Crippen molar-refractivity contribution in [3.63, 3.8) is 0 Å². The average Bonchev–Trinajstić information content (AvgIpc) is 2.39. The van der Waals surface area contributed by atoms with E-state index in [9.17, 15) is 4.79 Å². The molecule has 0 radical (unpaired) electrons. The quantitative estimate of drug-likeness (QED) is 0.748. The van der Waals surface area contributed by atoms with E-state index in [0.717, 1.165) is 22.1 Å². The molecule has 2 rings (SSSR count). The van der Waals surface area contributed by atoms with Crippen LogP contribution in [-0.2, 0) is 11.2 Å². The van der Waals surface area contributed by atoms with Gasteiger partial charge in [-0.1, -0.05) is 36.9 Å². The lowest BCUT2D eigenvalue weighted by Crippen LogP contribution is -2.01. The molecule has 0 spiro atoms. The van der Waals surface area contributed by atoms with Crippen molar-refractivity contribution in [3.05, 3.63) is 54.6 Å². The lowest BCUT2D eigenvalue weighted by molar-refractivity contribution is -0.114. The van der Waals surface area contributed by atoms with E-state index < -0.39 is 0 Å². The molecule has 0 aromatic heterocycles. The normalized spacial score (nSPS) is 10.2. The third-order valence-corrected chi connectivity index (χ3v) is 2.80. The maximum atomic E-state index is 11.5. The highest BCUT2D eigenvalue weighted by atomic mass is 16.5. The zero-order chi connectivity index (χ0) is 12.3. The number of hydrogen-bond donors (Lipinski definition) is 0. The summed E-state index contributed by atoms with van der Waals surface area (Å²) in [7, 11) is 1.62. The first-order valence-corrected chi connectivity index (χ1v) is 5.46. The van der Waals surface area contributed by atoms with Crippen LogP contribution in [0.25, 0.3) is 10.8 Å². The summed E-state index contributed by atoms with van der Waals surface area (Å²) in [5.41, 5.74) is 0.926. The number of fused-ring (bicyclic) bond motifs is 1. The van der Waals surface area contributed by atoms with E-state index in [2.05, 4.69) is 6.58 Å². The second-order valence-electron chi connectivity index (χ2n) is 3.81. The van der Waals surface area contributed by atoms with Crippen molar-refractivity contribution in [2.75, 3.05) is 7.11 Å². The molecule has 2 aromatic rings. The number of ether oxygens (including phenoxy) is 1. The number of allylic oxidation sites excluding steroid dienone is 1. The lowest BCUT2D eigenvalue weighted by Gasteiger charge is -2.10. The Morgan fingerprint density at radius 3 is 2.76 bits per heavy atom. The van der Waals surface area contributed by atoms with Gasteiger partial charge in [-0.15, -0.1) is 0 Å². The Bertz CT molecular complexity index is 570. The molecular formula is C15H14O2. The van der Waals surface area contributed by atoms with Crippen LogP contribution >= 0.6 is 0 Å². The molecule has 0 atom stereocenters. The molecule has 0 fully saturated rings. The van der Waals surface area contributed by atoms with E-state index in [4.69, 9.17) is 4.74 Å². The van der Waals surface area contributed by atoms with Crippen molar-refractivity contribution >= 4 is 16.6 Å². The van der Waals surface area contributed by atoms with Gasteiger partial charge in [-0.25, -0.2) is 0 Å². The Morgan fingerprint density at radius 2 is 2.06 bits per heavy atom. The summed E-state index contributed by atoms with van der Waals surface area (Å²) in [5, 5.41) is 2.17. The van der Waals surface area contributed by atoms with Gasteiger partial charge in [-0.3, -0.25) is 4.79 Å². The van der Waals surface area contributed by atoms with Gasteiger partial charge in [0.05, 0.1) is 7.11 Å². The highest BCUT2D eigenvalue weighted by Gasteiger charge is 2.10. The molecule has 17 heavy (non-hydrogen) atoms. The van der Waals surface area contributed by atoms with Crippen molar-refractivity contribution in [1.82, 2.24) is 0 Å². The number of carbonyl (C=O) groups excluding carboxylic acids is 1. The van der Waals surface area contributed by atoms with Crippen LogP contribution in [0.15, 0.2) is 49.1 Å². The second kappa shape index (κ2) is 4.83. The molecule has 0 aliphatic carbocycles. The number of methoxy groups -OCH3 is 1. The number of ketones is 1. The van der Waals surface area contributed by atoms with Crippen LogP contribution in [0, 0.1) is 0 Å². The van der Waals surface area contributed by atoms with E-state index >= 15 is 0 Å². The van der Waals surface area contributed by atoms with Gasteiger partial charge in [0.2, 0.25) is 0 Å². The Labute approximate surface area is 101 Å². The SMILES string of the molecule is C=CC(=O)Cc1c(OC)ccc2ccccc12. The van der Waals surface area contributed by atoms with E-state index in [1.165, 1.54) is 6.08 Å². The Balaban J connectivity index is 2.62. The Hall–Kier alpha value is -2.09. The fourth-order valence-electron chi connectivity index (χ4n) is 1.94. The third-order valence-electron chi connectivity index (χ3n) is 2.80. The van der Waals surface area contributed by atoms with Gasteiger partial charge in [-0.05, 0) is 22.9 Å². The largest absolute Gasteiger partial charge is 0.496 e. The topological polar surface area (TPSA) is 26.3 Å². The van der Waals surface area contributed by atoms with Crippen molar-refractivity contribution in [3.8, 4) is 5.75 Å². The fourth-order valence-corrected chi connectivity index (χ4v) is 1.94. The summed E-state index contributed by atoms with van der Waals surface area (Å²) >= 11 is 0. The maximum absolute atomic E-state index is 11.5. The van der Waals surface area contributed by atoms with Crippen molar-refractivity contribution in [2.45, 2.75) is 6.42 Å². The van der Waals surface area contributed by atoms with Gasteiger partial charge in [0, 0.05) is 12.0 Å². The van der Waals surface area contributed by atoms with Crippen molar-refractivity contribution in [1.29, 1.82) is 0 Å². The van der Waals surface area contributed by atoms with E-state index in [0.29, 0.717) is 6.42 Å². The summed E-state index contributed by atoms with van der Waals surface area (Å²) in [6.45, 7) is 3.50. The molecule has 0 saturated heterocycles. The summed E-state index contributed by atoms with van der Waals surface area (Å²) in [4.78, 5) is 11.5. The number of hydrogen-bond acceptors (Lipinski definition) is 2. The molecule has 2 heteroatoms. The van der Waals surface area contributed by atoms with Crippen LogP contribution in [-0.4, -0.2) is 12.9 Å². The van der Waals surface area contributed by atoms with Crippen molar-refractivity contribution in [2.24, 2.45) is 0 Å². The molecule has 2 aromatic carbocycles. The summed E-state index contributed by atoms with van der Waals surface area (Å²) < 4.78 is 5.31. The van der Waals surface area contributed by atoms with Gasteiger partial charge in [0.15, 0.2) is 5.78 Å². The molecule has 0 aliphatic rings. The second-order valence-corrected chi connectivity index (χ2v) is 3.81. The number of benzene rings is 2. The highest BCUT2D eigenvalue weighted by molar-refractivity contribution is 5.96. The summed E-state index contributed by atoms with van der Waals surface area (Å²) in [5.74, 6) is 0.749. The Morgan fingerprint density at radius 1 is 1.29 bits per heavy atom. The van der Waals surface area contributed by atoms with Crippen LogP contribution in [0.5, 0.6) is 5.75 Å². The zero-order valence-corrected chi connectivity index (χ0v) is 9.77. The standard InChI is InChI=1S/C15H14O2/c1-3-12(16)10-14-13-7-5-4-6-11(13)8-9-15(14)17-2/h3-9H,1,10H2,2H3. The molecule has 0 aliphatic heterocycles. The first-order chi connectivity index (χ1) is 8.26. The maximum Gasteiger partial charge on any atom is 0.159 e.